The highest BCUT2D eigenvalue weighted by Gasteiger charge is 2.22. The Balaban J connectivity index is 1.66. The molecule has 0 radical (unpaired) electrons. The van der Waals surface area contributed by atoms with E-state index >= 15 is 0 Å². The summed E-state index contributed by atoms with van der Waals surface area (Å²) >= 11 is 0. The molecule has 1 N–H and O–H groups in total. The normalized spacial score (nSPS) is 28.2. The van der Waals surface area contributed by atoms with Crippen molar-refractivity contribution < 1.29 is 4.74 Å². The van der Waals surface area contributed by atoms with Gasteiger partial charge in [-0.05, 0) is 57.9 Å². The van der Waals surface area contributed by atoms with Gasteiger partial charge in [0.25, 0.3) is 0 Å². The molecule has 0 amide bonds. The predicted octanol–water partition coefficient (Wildman–Crippen LogP) is 3.89. The summed E-state index contributed by atoms with van der Waals surface area (Å²) in [5, 5.41) is 3.58. The lowest BCUT2D eigenvalue weighted by atomic mass is 9.88. The molecule has 1 saturated carbocycles. The second kappa shape index (κ2) is 8.16. The third-order valence-corrected chi connectivity index (χ3v) is 4.90. The Labute approximate surface area is 113 Å². The Morgan fingerprint density at radius 3 is 2.44 bits per heavy atom. The molecule has 0 aromatic carbocycles. The first kappa shape index (κ1) is 14.3. The minimum absolute atomic E-state index is 0.580. The summed E-state index contributed by atoms with van der Waals surface area (Å²) in [6.07, 6.45) is 15.9. The van der Waals surface area contributed by atoms with Gasteiger partial charge in [0.05, 0.1) is 6.10 Å². The average Bonchev–Trinajstić information content (AvgIpc) is 2.76. The highest BCUT2D eigenvalue weighted by molar-refractivity contribution is 4.78. The van der Waals surface area contributed by atoms with Gasteiger partial charge in [-0.25, -0.2) is 0 Å². The molecule has 2 atom stereocenters. The first-order chi connectivity index (χ1) is 8.90. The van der Waals surface area contributed by atoms with E-state index in [0.717, 1.165) is 18.6 Å². The van der Waals surface area contributed by atoms with Gasteiger partial charge in [-0.1, -0.05) is 25.7 Å². The van der Waals surface area contributed by atoms with Crippen molar-refractivity contribution in [1.29, 1.82) is 0 Å². The molecular formula is C16H31NO. The number of nitrogens with one attached hydrogen (secondary N) is 1. The molecule has 0 bridgehead atoms. The summed E-state index contributed by atoms with van der Waals surface area (Å²) in [5.41, 5.74) is 0. The molecule has 1 heterocycles. The maximum Gasteiger partial charge on any atom is 0.0576 e. The summed E-state index contributed by atoms with van der Waals surface area (Å²) in [5.74, 6) is 0.932. The molecule has 2 aliphatic rings. The van der Waals surface area contributed by atoms with E-state index in [4.69, 9.17) is 4.74 Å². The fraction of sp³-hybridized carbons (Fsp3) is 1.00. The van der Waals surface area contributed by atoms with Crippen LogP contribution in [0.4, 0.5) is 0 Å². The van der Waals surface area contributed by atoms with Crippen molar-refractivity contribution in [3.05, 3.63) is 0 Å². The third-order valence-electron chi connectivity index (χ3n) is 4.90. The van der Waals surface area contributed by atoms with Crippen LogP contribution in [0.2, 0.25) is 0 Å². The summed E-state index contributed by atoms with van der Waals surface area (Å²) in [6.45, 7) is 1.00. The van der Waals surface area contributed by atoms with Gasteiger partial charge in [-0.3, -0.25) is 0 Å². The van der Waals surface area contributed by atoms with Crippen molar-refractivity contribution in [3.8, 4) is 0 Å². The van der Waals surface area contributed by atoms with Crippen molar-refractivity contribution >= 4 is 0 Å². The molecule has 2 unspecified atom stereocenters. The molecule has 2 rings (SSSR count). The smallest absolute Gasteiger partial charge is 0.0576 e. The zero-order valence-electron chi connectivity index (χ0n) is 12.1. The molecule has 2 fully saturated rings. The number of rotatable bonds is 6. The molecular weight excluding hydrogens is 222 g/mol. The molecule has 1 saturated heterocycles. The Kier molecular flexibility index (Phi) is 6.50. The van der Waals surface area contributed by atoms with E-state index in [2.05, 4.69) is 12.4 Å². The van der Waals surface area contributed by atoms with E-state index in [1.54, 1.807) is 0 Å². The standard InChI is InChI=1S/C16H31NO/c1-17-16(14-8-4-2-3-5-9-14)12-6-10-15-11-7-13-18-15/h14-17H,2-13H2,1H3. The summed E-state index contributed by atoms with van der Waals surface area (Å²) in [4.78, 5) is 0. The van der Waals surface area contributed by atoms with Gasteiger partial charge in [0, 0.05) is 12.6 Å². The van der Waals surface area contributed by atoms with E-state index < -0.39 is 0 Å². The van der Waals surface area contributed by atoms with Gasteiger partial charge in [-0.2, -0.15) is 0 Å². The summed E-state index contributed by atoms with van der Waals surface area (Å²) < 4.78 is 5.71. The monoisotopic (exact) mass is 253 g/mol. The van der Waals surface area contributed by atoms with Crippen LogP contribution in [0.15, 0.2) is 0 Å². The fourth-order valence-electron chi connectivity index (χ4n) is 3.77. The van der Waals surface area contributed by atoms with E-state index in [1.807, 2.05) is 0 Å². The van der Waals surface area contributed by atoms with Crippen molar-refractivity contribution in [1.82, 2.24) is 5.32 Å². The predicted molar refractivity (Wildman–Crippen MR) is 76.9 cm³/mol. The van der Waals surface area contributed by atoms with Crippen LogP contribution >= 0.6 is 0 Å². The van der Waals surface area contributed by atoms with E-state index in [-0.39, 0.29) is 0 Å². The topological polar surface area (TPSA) is 21.3 Å². The van der Waals surface area contributed by atoms with Crippen LogP contribution in [0.1, 0.15) is 70.6 Å². The minimum atomic E-state index is 0.580. The van der Waals surface area contributed by atoms with Crippen LogP contribution in [0.25, 0.3) is 0 Å². The van der Waals surface area contributed by atoms with Gasteiger partial charge in [0.1, 0.15) is 0 Å². The molecule has 1 aliphatic heterocycles. The van der Waals surface area contributed by atoms with Gasteiger partial charge in [0.2, 0.25) is 0 Å². The highest BCUT2D eigenvalue weighted by atomic mass is 16.5. The zero-order valence-corrected chi connectivity index (χ0v) is 12.1. The lowest BCUT2D eigenvalue weighted by Gasteiger charge is -2.26. The van der Waals surface area contributed by atoms with Gasteiger partial charge in [-0.15, -0.1) is 0 Å². The Morgan fingerprint density at radius 1 is 1.06 bits per heavy atom. The van der Waals surface area contributed by atoms with Crippen molar-refractivity contribution in [3.63, 3.8) is 0 Å². The van der Waals surface area contributed by atoms with Crippen LogP contribution in [-0.4, -0.2) is 25.8 Å². The largest absolute Gasteiger partial charge is 0.378 e. The lowest BCUT2D eigenvalue weighted by molar-refractivity contribution is 0.100. The Morgan fingerprint density at radius 2 is 1.83 bits per heavy atom. The van der Waals surface area contributed by atoms with E-state index in [0.29, 0.717) is 6.10 Å². The van der Waals surface area contributed by atoms with Crippen LogP contribution in [-0.2, 0) is 4.74 Å². The van der Waals surface area contributed by atoms with E-state index in [1.165, 1.54) is 70.6 Å². The zero-order chi connectivity index (χ0) is 12.6. The summed E-state index contributed by atoms with van der Waals surface area (Å²) in [6, 6.07) is 0.754. The molecule has 18 heavy (non-hydrogen) atoms. The van der Waals surface area contributed by atoms with Crippen LogP contribution in [0.3, 0.4) is 0 Å². The molecule has 2 heteroatoms. The quantitative estimate of drug-likeness (QED) is 0.725. The van der Waals surface area contributed by atoms with Gasteiger partial charge < -0.3 is 10.1 Å². The lowest BCUT2D eigenvalue weighted by Crippen LogP contribution is -2.33. The van der Waals surface area contributed by atoms with Gasteiger partial charge in [0.15, 0.2) is 0 Å². The third kappa shape index (κ3) is 4.55. The van der Waals surface area contributed by atoms with Crippen LogP contribution in [0.5, 0.6) is 0 Å². The van der Waals surface area contributed by atoms with Gasteiger partial charge >= 0.3 is 0 Å². The first-order valence-corrected chi connectivity index (χ1v) is 8.19. The maximum atomic E-state index is 5.71. The van der Waals surface area contributed by atoms with Crippen LogP contribution < -0.4 is 5.32 Å². The first-order valence-electron chi connectivity index (χ1n) is 8.19. The minimum Gasteiger partial charge on any atom is -0.378 e. The molecule has 2 nitrogen and oxygen atoms in total. The average molecular weight is 253 g/mol. The maximum absolute atomic E-state index is 5.71. The Hall–Kier alpha value is -0.0800. The second-order valence-corrected chi connectivity index (χ2v) is 6.21. The van der Waals surface area contributed by atoms with Crippen molar-refractivity contribution in [2.45, 2.75) is 82.8 Å². The van der Waals surface area contributed by atoms with Crippen molar-refractivity contribution in [2.75, 3.05) is 13.7 Å². The highest BCUT2D eigenvalue weighted by Crippen LogP contribution is 2.28. The van der Waals surface area contributed by atoms with E-state index in [9.17, 15) is 0 Å². The molecule has 0 aromatic heterocycles. The molecule has 0 aromatic rings. The number of hydrogen-bond acceptors (Lipinski definition) is 2. The summed E-state index contributed by atoms with van der Waals surface area (Å²) in [7, 11) is 2.15. The van der Waals surface area contributed by atoms with Crippen molar-refractivity contribution in [2.24, 2.45) is 5.92 Å². The second-order valence-electron chi connectivity index (χ2n) is 6.21. The molecule has 106 valence electrons. The number of ether oxygens (including phenoxy) is 1. The fourth-order valence-corrected chi connectivity index (χ4v) is 3.77. The molecule has 0 spiro atoms. The number of hydrogen-bond donors (Lipinski definition) is 1. The SMILES string of the molecule is CNC(CCCC1CCCO1)C1CCCCCC1. The molecule has 1 aliphatic carbocycles. The Bertz CT molecular complexity index is 205. The van der Waals surface area contributed by atoms with Crippen LogP contribution in [0, 0.1) is 5.92 Å².